The van der Waals surface area contributed by atoms with Crippen molar-refractivity contribution < 1.29 is 19.4 Å². The zero-order valence-corrected chi connectivity index (χ0v) is 13.5. The van der Waals surface area contributed by atoms with Gasteiger partial charge in [0.25, 0.3) is 5.91 Å². The molecule has 0 spiro atoms. The number of nitrogens with zero attached hydrogens (tertiary/aromatic N) is 4. The number of imidazole rings is 1. The van der Waals surface area contributed by atoms with Crippen LogP contribution in [-0.2, 0) is 9.47 Å². The second-order valence-electron chi connectivity index (χ2n) is 6.18. The van der Waals surface area contributed by atoms with Crippen LogP contribution in [0.15, 0.2) is 43.0 Å². The molecular formula is C17H15N5O4. The maximum atomic E-state index is 12.4. The van der Waals surface area contributed by atoms with E-state index in [-0.39, 0.29) is 30.8 Å². The van der Waals surface area contributed by atoms with E-state index in [0.29, 0.717) is 22.5 Å². The molecule has 132 valence electrons. The second-order valence-corrected chi connectivity index (χ2v) is 6.18. The Morgan fingerprint density at radius 3 is 2.77 bits per heavy atom. The average molecular weight is 353 g/mol. The molecular weight excluding hydrogens is 338 g/mol. The highest BCUT2D eigenvalue weighted by Gasteiger charge is 2.58. The predicted octanol–water partition coefficient (Wildman–Crippen LogP) is 0.736. The molecule has 2 N–H and O–H groups in total. The summed E-state index contributed by atoms with van der Waals surface area (Å²) < 4.78 is 13.1. The van der Waals surface area contributed by atoms with Gasteiger partial charge in [-0.1, -0.05) is 18.2 Å². The van der Waals surface area contributed by atoms with Crippen LogP contribution in [0.1, 0.15) is 16.6 Å². The molecule has 9 nitrogen and oxygen atoms in total. The molecule has 4 atom stereocenters. The fourth-order valence-corrected chi connectivity index (χ4v) is 3.27. The van der Waals surface area contributed by atoms with Crippen molar-refractivity contribution in [1.82, 2.24) is 19.5 Å². The van der Waals surface area contributed by atoms with Gasteiger partial charge in [0.05, 0.1) is 12.9 Å². The minimum atomic E-state index is -0.408. The highest BCUT2D eigenvalue weighted by Crippen LogP contribution is 2.45. The highest BCUT2D eigenvalue weighted by molar-refractivity contribution is 6.06. The van der Waals surface area contributed by atoms with Crippen LogP contribution in [-0.4, -0.2) is 55.5 Å². The standard InChI is InChI=1S/C17H15N5O4/c23-6-10-12-13(26-12)17(25-10)22-8-20-11-14(18-7-19-15(11)22)21-16(24)9-4-2-1-3-5-9/h1-5,7-8,10,12-13,17,23H,6H2,(H,18,19,21,24)/t10-,12-,13-,17-/m1/s1. The summed E-state index contributed by atoms with van der Waals surface area (Å²) in [4.78, 5) is 25.1. The van der Waals surface area contributed by atoms with Gasteiger partial charge in [-0.15, -0.1) is 0 Å². The van der Waals surface area contributed by atoms with Crippen LogP contribution < -0.4 is 5.32 Å². The van der Waals surface area contributed by atoms with Crippen LogP contribution in [0.3, 0.4) is 0 Å². The van der Waals surface area contributed by atoms with Gasteiger partial charge < -0.3 is 19.9 Å². The molecule has 5 rings (SSSR count). The van der Waals surface area contributed by atoms with Gasteiger partial charge in [-0.3, -0.25) is 9.36 Å². The summed E-state index contributed by atoms with van der Waals surface area (Å²) in [7, 11) is 0. The molecule has 1 aromatic carbocycles. The topological polar surface area (TPSA) is 115 Å². The molecule has 2 aliphatic heterocycles. The van der Waals surface area contributed by atoms with Gasteiger partial charge in [0.15, 0.2) is 23.2 Å². The molecule has 3 aromatic rings. The van der Waals surface area contributed by atoms with Gasteiger partial charge in [0.2, 0.25) is 0 Å². The monoisotopic (exact) mass is 353 g/mol. The summed E-state index contributed by atoms with van der Waals surface area (Å²) in [6.45, 7) is -0.0995. The number of epoxide rings is 1. The molecule has 2 fully saturated rings. The van der Waals surface area contributed by atoms with Crippen LogP contribution >= 0.6 is 0 Å². The molecule has 0 aliphatic carbocycles. The van der Waals surface area contributed by atoms with Gasteiger partial charge in [-0.25, -0.2) is 15.0 Å². The van der Waals surface area contributed by atoms with Crippen LogP contribution in [0.25, 0.3) is 11.2 Å². The van der Waals surface area contributed by atoms with Crippen LogP contribution in [0.2, 0.25) is 0 Å². The number of aliphatic hydroxyl groups excluding tert-OH is 1. The van der Waals surface area contributed by atoms with Crippen molar-refractivity contribution in [3.8, 4) is 0 Å². The fourth-order valence-electron chi connectivity index (χ4n) is 3.27. The Morgan fingerprint density at radius 1 is 1.15 bits per heavy atom. The number of ether oxygens (including phenoxy) is 2. The summed E-state index contributed by atoms with van der Waals surface area (Å²) in [6.07, 6.45) is 1.98. The number of anilines is 1. The molecule has 1 amide bonds. The maximum absolute atomic E-state index is 12.4. The molecule has 0 bridgehead atoms. The normalized spacial score (nSPS) is 26.7. The van der Waals surface area contributed by atoms with Crippen LogP contribution in [0.4, 0.5) is 5.82 Å². The van der Waals surface area contributed by atoms with Crippen molar-refractivity contribution in [2.24, 2.45) is 0 Å². The Bertz CT molecular complexity index is 976. The number of rotatable bonds is 4. The van der Waals surface area contributed by atoms with Gasteiger partial charge >= 0.3 is 0 Å². The number of carbonyl (C=O) groups excluding carboxylic acids is 1. The van der Waals surface area contributed by atoms with Crippen molar-refractivity contribution in [2.75, 3.05) is 11.9 Å². The number of amides is 1. The van der Waals surface area contributed by atoms with E-state index in [9.17, 15) is 9.90 Å². The third kappa shape index (κ3) is 2.37. The lowest BCUT2D eigenvalue weighted by Gasteiger charge is -2.17. The van der Waals surface area contributed by atoms with Crippen LogP contribution in [0.5, 0.6) is 0 Å². The van der Waals surface area contributed by atoms with E-state index >= 15 is 0 Å². The number of aromatic nitrogens is 4. The average Bonchev–Trinajstić information content (AvgIpc) is 3.20. The first-order valence-electron chi connectivity index (χ1n) is 8.22. The number of hydrogen-bond donors (Lipinski definition) is 2. The number of benzene rings is 1. The van der Waals surface area contributed by atoms with Crippen LogP contribution in [0, 0.1) is 0 Å². The summed E-state index contributed by atoms with van der Waals surface area (Å²) in [5, 5.41) is 12.1. The Morgan fingerprint density at radius 2 is 2.00 bits per heavy atom. The van der Waals surface area contributed by atoms with E-state index in [0.717, 1.165) is 0 Å². The van der Waals surface area contributed by atoms with Crippen molar-refractivity contribution in [2.45, 2.75) is 24.5 Å². The maximum Gasteiger partial charge on any atom is 0.256 e. The smallest absolute Gasteiger partial charge is 0.256 e. The van der Waals surface area contributed by atoms with E-state index in [2.05, 4.69) is 20.3 Å². The molecule has 0 radical (unpaired) electrons. The Kier molecular flexibility index (Phi) is 3.45. The van der Waals surface area contributed by atoms with E-state index in [4.69, 9.17) is 9.47 Å². The summed E-state index contributed by atoms with van der Waals surface area (Å²) in [5.74, 6) is 0.0516. The van der Waals surface area contributed by atoms with Crippen molar-refractivity contribution >= 4 is 22.9 Å². The van der Waals surface area contributed by atoms with Gasteiger partial charge in [-0.2, -0.15) is 0 Å². The van der Waals surface area contributed by atoms with Gasteiger partial charge in [0.1, 0.15) is 24.6 Å². The third-order valence-electron chi connectivity index (χ3n) is 4.60. The fraction of sp³-hybridized carbons (Fsp3) is 0.294. The Labute approximate surface area is 147 Å². The second kappa shape index (κ2) is 5.84. The first-order valence-corrected chi connectivity index (χ1v) is 8.22. The SMILES string of the molecule is O=C(Nc1ncnc2c1ncn2[C@@H]1O[C@H](CO)[C@H]2O[C@H]21)c1ccccc1. The summed E-state index contributed by atoms with van der Waals surface area (Å²) in [5.41, 5.74) is 1.52. The first kappa shape index (κ1) is 15.4. The number of nitrogens with one attached hydrogen (secondary N) is 1. The quantitative estimate of drug-likeness (QED) is 0.665. The number of carbonyl (C=O) groups is 1. The minimum absolute atomic E-state index is 0.0958. The lowest BCUT2D eigenvalue weighted by Crippen LogP contribution is -2.22. The number of hydrogen-bond acceptors (Lipinski definition) is 7. The molecule has 9 heteroatoms. The van der Waals surface area contributed by atoms with E-state index in [1.54, 1.807) is 35.2 Å². The molecule has 4 heterocycles. The Balaban J connectivity index is 1.46. The van der Waals surface area contributed by atoms with E-state index in [1.165, 1.54) is 6.33 Å². The third-order valence-corrected chi connectivity index (χ3v) is 4.60. The van der Waals surface area contributed by atoms with E-state index < -0.39 is 6.23 Å². The molecule has 0 saturated carbocycles. The van der Waals surface area contributed by atoms with Crippen molar-refractivity contribution in [1.29, 1.82) is 0 Å². The summed E-state index contributed by atoms with van der Waals surface area (Å²) in [6, 6.07) is 8.87. The largest absolute Gasteiger partial charge is 0.394 e. The molecule has 2 aliphatic rings. The zero-order chi connectivity index (χ0) is 17.7. The van der Waals surface area contributed by atoms with Crippen molar-refractivity contribution in [3.05, 3.63) is 48.5 Å². The minimum Gasteiger partial charge on any atom is -0.394 e. The van der Waals surface area contributed by atoms with E-state index in [1.807, 2.05) is 6.07 Å². The lowest BCUT2D eigenvalue weighted by molar-refractivity contribution is -0.0823. The molecule has 2 saturated heterocycles. The van der Waals surface area contributed by atoms with Gasteiger partial charge in [-0.05, 0) is 12.1 Å². The highest BCUT2D eigenvalue weighted by atomic mass is 16.7. The predicted molar refractivity (Wildman–Crippen MR) is 89.4 cm³/mol. The Hall–Kier alpha value is -2.88. The first-order chi connectivity index (χ1) is 12.8. The summed E-state index contributed by atoms with van der Waals surface area (Å²) >= 11 is 0. The molecule has 2 aromatic heterocycles. The number of aliphatic hydroxyl groups is 1. The zero-order valence-electron chi connectivity index (χ0n) is 13.5. The van der Waals surface area contributed by atoms with Gasteiger partial charge in [0, 0.05) is 5.56 Å². The molecule has 0 unspecified atom stereocenters. The lowest BCUT2D eigenvalue weighted by atomic mass is 10.2. The van der Waals surface area contributed by atoms with Crippen molar-refractivity contribution in [3.63, 3.8) is 0 Å². The number of fused-ring (bicyclic) bond motifs is 2. The molecule has 26 heavy (non-hydrogen) atoms.